The van der Waals surface area contributed by atoms with Crippen LogP contribution in [0.15, 0.2) is 35.9 Å². The number of carbonyl (C=O) groups excluding carboxylic acids is 1. The van der Waals surface area contributed by atoms with Gasteiger partial charge in [0.05, 0.1) is 6.10 Å². The van der Waals surface area contributed by atoms with E-state index >= 15 is 0 Å². The molecule has 4 nitrogen and oxygen atoms in total. The largest absolute Gasteiger partial charge is 0.376 e. The summed E-state index contributed by atoms with van der Waals surface area (Å²) in [5, 5.41) is 0. The van der Waals surface area contributed by atoms with E-state index in [0.717, 1.165) is 57.4 Å². The summed E-state index contributed by atoms with van der Waals surface area (Å²) in [7, 11) is 0. The predicted molar refractivity (Wildman–Crippen MR) is 124 cm³/mol. The molecule has 1 amide bonds. The molecule has 4 heteroatoms. The number of nitrogens with zero attached hydrogens (tertiary/aromatic N) is 2. The molecule has 1 atom stereocenters. The lowest BCUT2D eigenvalue weighted by Crippen LogP contribution is -2.46. The van der Waals surface area contributed by atoms with E-state index in [1.54, 1.807) is 11.1 Å². The summed E-state index contributed by atoms with van der Waals surface area (Å²) >= 11 is 0. The summed E-state index contributed by atoms with van der Waals surface area (Å²) in [5.41, 5.74) is 4.15. The zero-order valence-electron chi connectivity index (χ0n) is 18.9. The van der Waals surface area contributed by atoms with Gasteiger partial charge in [-0.15, -0.1) is 0 Å². The molecular formula is C27H38N2O2. The van der Waals surface area contributed by atoms with Gasteiger partial charge in [0.1, 0.15) is 0 Å². The maximum Gasteiger partial charge on any atom is 0.249 e. The molecule has 168 valence electrons. The lowest BCUT2D eigenvalue weighted by molar-refractivity contribution is -0.130. The molecule has 2 fully saturated rings. The Bertz CT molecular complexity index is 765. The molecule has 5 rings (SSSR count). The quantitative estimate of drug-likeness (QED) is 0.682. The van der Waals surface area contributed by atoms with Crippen molar-refractivity contribution in [3.05, 3.63) is 47.0 Å². The van der Waals surface area contributed by atoms with Gasteiger partial charge in [-0.05, 0) is 94.3 Å². The molecule has 2 heterocycles. The second-order valence-corrected chi connectivity index (χ2v) is 10.1. The SMILES string of the molecule is O=C(C1=CCCCC1)N(CC1CCN(C2Cc3ccccc3C2)CC1)CC1CCCO1. The van der Waals surface area contributed by atoms with Gasteiger partial charge in [-0.2, -0.15) is 0 Å². The monoisotopic (exact) mass is 422 g/mol. The van der Waals surface area contributed by atoms with Gasteiger partial charge in [0, 0.05) is 31.3 Å². The minimum absolute atomic E-state index is 0.241. The Balaban J connectivity index is 1.17. The van der Waals surface area contributed by atoms with Gasteiger partial charge >= 0.3 is 0 Å². The molecule has 4 aliphatic rings. The van der Waals surface area contributed by atoms with Gasteiger partial charge in [-0.1, -0.05) is 30.3 Å². The number of likely N-dealkylation sites (tertiary alicyclic amines) is 1. The Morgan fingerprint density at radius 2 is 1.77 bits per heavy atom. The Morgan fingerprint density at radius 3 is 2.42 bits per heavy atom. The van der Waals surface area contributed by atoms with Crippen molar-refractivity contribution in [2.24, 2.45) is 5.92 Å². The Labute approximate surface area is 187 Å². The molecule has 2 aliphatic heterocycles. The Morgan fingerprint density at radius 1 is 1.00 bits per heavy atom. The van der Waals surface area contributed by atoms with Gasteiger partial charge in [0.25, 0.3) is 0 Å². The molecule has 1 unspecified atom stereocenters. The number of amides is 1. The third kappa shape index (κ3) is 5.06. The zero-order chi connectivity index (χ0) is 21.0. The molecule has 0 bridgehead atoms. The lowest BCUT2D eigenvalue weighted by Gasteiger charge is -2.38. The van der Waals surface area contributed by atoms with Crippen molar-refractivity contribution in [2.75, 3.05) is 32.8 Å². The summed E-state index contributed by atoms with van der Waals surface area (Å²) in [4.78, 5) is 18.2. The summed E-state index contributed by atoms with van der Waals surface area (Å²) in [6.45, 7) is 4.91. The summed E-state index contributed by atoms with van der Waals surface area (Å²) < 4.78 is 5.90. The van der Waals surface area contributed by atoms with E-state index in [4.69, 9.17) is 4.74 Å². The number of hydrogen-bond acceptors (Lipinski definition) is 3. The Hall–Kier alpha value is -1.65. The number of allylic oxidation sites excluding steroid dienone is 1. The van der Waals surface area contributed by atoms with E-state index < -0.39 is 0 Å². The van der Waals surface area contributed by atoms with Crippen LogP contribution in [0.2, 0.25) is 0 Å². The van der Waals surface area contributed by atoms with Crippen LogP contribution in [0.4, 0.5) is 0 Å². The zero-order valence-corrected chi connectivity index (χ0v) is 18.9. The molecule has 0 aromatic heterocycles. The average Bonchev–Trinajstić information content (AvgIpc) is 3.49. The van der Waals surface area contributed by atoms with Crippen LogP contribution >= 0.6 is 0 Å². The fraction of sp³-hybridized carbons (Fsp3) is 0.667. The number of ether oxygens (including phenoxy) is 1. The van der Waals surface area contributed by atoms with Crippen LogP contribution in [0.5, 0.6) is 0 Å². The molecule has 0 radical (unpaired) electrons. The predicted octanol–water partition coefficient (Wildman–Crippen LogP) is 4.37. The lowest BCUT2D eigenvalue weighted by atomic mass is 9.93. The van der Waals surface area contributed by atoms with Crippen molar-refractivity contribution in [3.63, 3.8) is 0 Å². The first-order valence-electron chi connectivity index (χ1n) is 12.7. The van der Waals surface area contributed by atoms with Gasteiger partial charge in [-0.25, -0.2) is 0 Å². The highest BCUT2D eigenvalue weighted by Crippen LogP contribution is 2.30. The first-order valence-corrected chi connectivity index (χ1v) is 12.7. The molecule has 1 aromatic rings. The van der Waals surface area contributed by atoms with Crippen molar-refractivity contribution < 1.29 is 9.53 Å². The number of piperidine rings is 1. The van der Waals surface area contributed by atoms with Crippen molar-refractivity contribution in [2.45, 2.75) is 76.4 Å². The van der Waals surface area contributed by atoms with E-state index in [0.29, 0.717) is 17.9 Å². The molecule has 0 N–H and O–H groups in total. The normalized spacial score (nSPS) is 25.4. The van der Waals surface area contributed by atoms with Gasteiger partial charge in [-0.3, -0.25) is 9.69 Å². The van der Waals surface area contributed by atoms with Crippen LogP contribution in [0.25, 0.3) is 0 Å². The maximum absolute atomic E-state index is 13.4. The molecular weight excluding hydrogens is 384 g/mol. The van der Waals surface area contributed by atoms with Crippen molar-refractivity contribution in [1.29, 1.82) is 0 Å². The van der Waals surface area contributed by atoms with Gasteiger partial charge in [0.2, 0.25) is 5.91 Å². The molecule has 2 saturated heterocycles. The fourth-order valence-electron chi connectivity index (χ4n) is 6.12. The standard InChI is InChI=1S/C27H38N2O2/c30-27(22-7-2-1-3-8-22)29(20-26-11-6-16-31-26)19-21-12-14-28(15-13-21)25-17-23-9-4-5-10-24(23)18-25/h4-5,7,9-10,21,25-26H,1-3,6,8,11-20H2. The van der Waals surface area contributed by atoms with Crippen LogP contribution in [-0.2, 0) is 22.4 Å². The van der Waals surface area contributed by atoms with E-state index in [2.05, 4.69) is 40.1 Å². The molecule has 31 heavy (non-hydrogen) atoms. The smallest absolute Gasteiger partial charge is 0.249 e. The van der Waals surface area contributed by atoms with Crippen LogP contribution in [0.3, 0.4) is 0 Å². The number of benzene rings is 1. The van der Waals surface area contributed by atoms with Gasteiger partial charge < -0.3 is 9.64 Å². The van der Waals surface area contributed by atoms with Crippen molar-refractivity contribution in [3.8, 4) is 0 Å². The molecule has 0 spiro atoms. The van der Waals surface area contributed by atoms with Crippen molar-refractivity contribution in [1.82, 2.24) is 9.80 Å². The minimum atomic E-state index is 0.241. The molecule has 0 saturated carbocycles. The van der Waals surface area contributed by atoms with E-state index in [-0.39, 0.29) is 6.10 Å². The highest BCUT2D eigenvalue weighted by molar-refractivity contribution is 5.93. The summed E-state index contributed by atoms with van der Waals surface area (Å²) in [6.07, 6.45) is 13.9. The highest BCUT2D eigenvalue weighted by Gasteiger charge is 2.32. The van der Waals surface area contributed by atoms with Crippen LogP contribution < -0.4 is 0 Å². The topological polar surface area (TPSA) is 32.8 Å². The summed E-state index contributed by atoms with van der Waals surface area (Å²) in [5.74, 6) is 0.915. The average molecular weight is 423 g/mol. The van der Waals surface area contributed by atoms with E-state index in [1.165, 1.54) is 45.2 Å². The van der Waals surface area contributed by atoms with Gasteiger partial charge in [0.15, 0.2) is 0 Å². The maximum atomic E-state index is 13.4. The highest BCUT2D eigenvalue weighted by atomic mass is 16.5. The third-order valence-corrected chi connectivity index (χ3v) is 7.97. The van der Waals surface area contributed by atoms with Crippen LogP contribution in [-0.4, -0.2) is 60.6 Å². The van der Waals surface area contributed by atoms with Crippen LogP contribution in [0.1, 0.15) is 62.5 Å². The third-order valence-electron chi connectivity index (χ3n) is 7.97. The van der Waals surface area contributed by atoms with Crippen molar-refractivity contribution >= 4 is 5.91 Å². The minimum Gasteiger partial charge on any atom is -0.376 e. The second-order valence-electron chi connectivity index (χ2n) is 10.1. The number of fused-ring (bicyclic) bond motifs is 1. The number of rotatable bonds is 6. The van der Waals surface area contributed by atoms with E-state index in [1.807, 2.05) is 0 Å². The fourth-order valence-corrected chi connectivity index (χ4v) is 6.12. The first-order chi connectivity index (χ1) is 15.3. The number of hydrogen-bond donors (Lipinski definition) is 0. The van der Waals surface area contributed by atoms with Crippen LogP contribution in [0, 0.1) is 5.92 Å². The summed E-state index contributed by atoms with van der Waals surface area (Å²) in [6, 6.07) is 9.63. The second kappa shape index (κ2) is 9.87. The number of carbonyl (C=O) groups is 1. The molecule has 2 aliphatic carbocycles. The first kappa shape index (κ1) is 21.2. The van der Waals surface area contributed by atoms with E-state index in [9.17, 15) is 4.79 Å². The Kier molecular flexibility index (Phi) is 6.75. The molecule has 1 aromatic carbocycles.